The molecule has 2 rings (SSSR count). The molecule has 2 aromatic heterocycles. The Balaban J connectivity index is 2.20. The van der Waals surface area contributed by atoms with Gasteiger partial charge in [-0.2, -0.15) is 4.98 Å². The van der Waals surface area contributed by atoms with Gasteiger partial charge in [-0.1, -0.05) is 12.1 Å². The summed E-state index contributed by atoms with van der Waals surface area (Å²) in [5, 5.41) is 3.78. The smallest absolute Gasteiger partial charge is 0.328 e. The van der Waals surface area contributed by atoms with E-state index < -0.39 is 0 Å². The Labute approximate surface area is 92.5 Å². The highest BCUT2D eigenvalue weighted by Gasteiger charge is 2.08. The fourth-order valence-corrected chi connectivity index (χ4v) is 1.46. The van der Waals surface area contributed by atoms with Crippen molar-refractivity contribution in [3.05, 3.63) is 34.6 Å². The Morgan fingerprint density at radius 2 is 2.06 bits per heavy atom. The summed E-state index contributed by atoms with van der Waals surface area (Å²) in [6, 6.07) is 0. The predicted molar refractivity (Wildman–Crippen MR) is 57.1 cm³/mol. The molecule has 0 unspecified atom stereocenters. The van der Waals surface area contributed by atoms with Gasteiger partial charge in [0.1, 0.15) is 6.54 Å². The normalized spacial score (nSPS) is 10.9. The monoisotopic (exact) mass is 222 g/mol. The highest BCUT2D eigenvalue weighted by molar-refractivity contribution is 4.89. The standard InChI is InChI=1S/C10H14N4O2/c1-3-8-11-9(16-12-8)7-14-6-5-13(4-2)10(14)15/h5-6H,3-4,7H2,1-2H3. The number of aryl methyl sites for hydroxylation is 2. The van der Waals surface area contributed by atoms with Gasteiger partial charge in [-0.05, 0) is 6.92 Å². The van der Waals surface area contributed by atoms with E-state index >= 15 is 0 Å². The van der Waals surface area contributed by atoms with Gasteiger partial charge in [0.2, 0.25) is 5.89 Å². The van der Waals surface area contributed by atoms with Crippen LogP contribution < -0.4 is 5.69 Å². The molecule has 0 saturated carbocycles. The number of aromatic nitrogens is 4. The SMILES string of the molecule is CCc1noc(Cn2ccn(CC)c2=O)n1. The molecule has 2 heterocycles. The predicted octanol–water partition coefficient (Wildman–Crippen LogP) is 0.663. The van der Waals surface area contributed by atoms with Crippen molar-refractivity contribution in [2.24, 2.45) is 0 Å². The van der Waals surface area contributed by atoms with Gasteiger partial charge >= 0.3 is 5.69 Å². The summed E-state index contributed by atoms with van der Waals surface area (Å²) in [4.78, 5) is 15.9. The van der Waals surface area contributed by atoms with Crippen LogP contribution >= 0.6 is 0 Å². The molecule has 0 atom stereocenters. The van der Waals surface area contributed by atoms with Crippen molar-refractivity contribution < 1.29 is 4.52 Å². The zero-order valence-corrected chi connectivity index (χ0v) is 9.38. The van der Waals surface area contributed by atoms with Gasteiger partial charge in [-0.3, -0.25) is 9.13 Å². The van der Waals surface area contributed by atoms with E-state index in [0.717, 1.165) is 6.42 Å². The third kappa shape index (κ3) is 1.91. The molecule has 2 aromatic rings. The van der Waals surface area contributed by atoms with E-state index in [1.165, 1.54) is 0 Å². The molecule has 0 saturated heterocycles. The summed E-state index contributed by atoms with van der Waals surface area (Å²) in [6.07, 6.45) is 4.20. The lowest BCUT2D eigenvalue weighted by Gasteiger charge is -1.95. The Morgan fingerprint density at radius 3 is 2.62 bits per heavy atom. The molecule has 0 fully saturated rings. The molecule has 6 heteroatoms. The van der Waals surface area contributed by atoms with Crippen LogP contribution in [-0.4, -0.2) is 19.3 Å². The molecule has 0 aromatic carbocycles. The number of rotatable bonds is 4. The van der Waals surface area contributed by atoms with E-state index in [1.807, 2.05) is 13.8 Å². The lowest BCUT2D eigenvalue weighted by molar-refractivity contribution is 0.364. The van der Waals surface area contributed by atoms with Crippen molar-refractivity contribution in [1.82, 2.24) is 19.3 Å². The molecular formula is C10H14N4O2. The third-order valence-corrected chi connectivity index (χ3v) is 2.39. The molecule has 0 aliphatic heterocycles. The van der Waals surface area contributed by atoms with Gasteiger partial charge < -0.3 is 4.52 Å². The molecule has 0 bridgehead atoms. The summed E-state index contributed by atoms with van der Waals surface area (Å²) < 4.78 is 8.20. The van der Waals surface area contributed by atoms with Crippen LogP contribution in [0.2, 0.25) is 0 Å². The molecule has 86 valence electrons. The van der Waals surface area contributed by atoms with E-state index in [2.05, 4.69) is 10.1 Å². The highest BCUT2D eigenvalue weighted by atomic mass is 16.5. The van der Waals surface area contributed by atoms with Crippen LogP contribution in [0.5, 0.6) is 0 Å². The van der Waals surface area contributed by atoms with Crippen molar-refractivity contribution in [1.29, 1.82) is 0 Å². The first-order valence-corrected chi connectivity index (χ1v) is 5.31. The molecule has 0 spiro atoms. The van der Waals surface area contributed by atoms with E-state index in [4.69, 9.17) is 4.52 Å². The van der Waals surface area contributed by atoms with Gasteiger partial charge in [-0.25, -0.2) is 4.79 Å². The second-order valence-corrected chi connectivity index (χ2v) is 3.45. The maximum absolute atomic E-state index is 11.7. The molecule has 6 nitrogen and oxygen atoms in total. The maximum Gasteiger partial charge on any atom is 0.328 e. The largest absolute Gasteiger partial charge is 0.337 e. The summed E-state index contributed by atoms with van der Waals surface area (Å²) in [5.74, 6) is 1.13. The van der Waals surface area contributed by atoms with Gasteiger partial charge in [0.25, 0.3) is 0 Å². The molecule has 0 aliphatic carbocycles. The summed E-state index contributed by atoms with van der Waals surface area (Å²) in [7, 11) is 0. The van der Waals surface area contributed by atoms with Crippen LogP contribution in [0, 0.1) is 0 Å². The second-order valence-electron chi connectivity index (χ2n) is 3.45. The first kappa shape index (κ1) is 10.7. The zero-order chi connectivity index (χ0) is 11.5. The Bertz CT molecular complexity index is 523. The lowest BCUT2D eigenvalue weighted by Crippen LogP contribution is -2.23. The zero-order valence-electron chi connectivity index (χ0n) is 9.38. The number of imidazole rings is 1. The van der Waals surface area contributed by atoms with E-state index in [0.29, 0.717) is 24.8 Å². The van der Waals surface area contributed by atoms with Crippen molar-refractivity contribution in [2.75, 3.05) is 0 Å². The van der Waals surface area contributed by atoms with Crippen LogP contribution in [0.4, 0.5) is 0 Å². The molecule has 0 N–H and O–H groups in total. The second kappa shape index (κ2) is 4.34. The Hall–Kier alpha value is -1.85. The average Bonchev–Trinajstić information content (AvgIpc) is 2.88. The minimum Gasteiger partial charge on any atom is -0.337 e. The molecule has 16 heavy (non-hydrogen) atoms. The summed E-state index contributed by atoms with van der Waals surface area (Å²) >= 11 is 0. The van der Waals surface area contributed by atoms with E-state index in [-0.39, 0.29) is 5.69 Å². The summed E-state index contributed by atoms with van der Waals surface area (Å²) in [5.41, 5.74) is -0.0567. The lowest BCUT2D eigenvalue weighted by atomic mass is 10.5. The van der Waals surface area contributed by atoms with E-state index in [1.54, 1.807) is 21.5 Å². The van der Waals surface area contributed by atoms with Crippen LogP contribution in [0.15, 0.2) is 21.7 Å². The third-order valence-electron chi connectivity index (χ3n) is 2.39. The van der Waals surface area contributed by atoms with Crippen molar-refractivity contribution in [2.45, 2.75) is 33.4 Å². The first-order valence-electron chi connectivity index (χ1n) is 5.31. The van der Waals surface area contributed by atoms with Crippen LogP contribution in [-0.2, 0) is 19.5 Å². The number of hydrogen-bond donors (Lipinski definition) is 0. The van der Waals surface area contributed by atoms with Gasteiger partial charge in [0.15, 0.2) is 5.82 Å². The summed E-state index contributed by atoms with van der Waals surface area (Å²) in [6.45, 7) is 4.87. The van der Waals surface area contributed by atoms with Crippen LogP contribution in [0.1, 0.15) is 25.6 Å². The Morgan fingerprint density at radius 1 is 1.31 bits per heavy atom. The topological polar surface area (TPSA) is 65.8 Å². The number of hydrogen-bond acceptors (Lipinski definition) is 4. The van der Waals surface area contributed by atoms with E-state index in [9.17, 15) is 4.79 Å². The van der Waals surface area contributed by atoms with Gasteiger partial charge in [0.05, 0.1) is 0 Å². The van der Waals surface area contributed by atoms with Crippen LogP contribution in [0.3, 0.4) is 0 Å². The van der Waals surface area contributed by atoms with Gasteiger partial charge in [0, 0.05) is 25.4 Å². The Kier molecular flexibility index (Phi) is 2.89. The molecular weight excluding hydrogens is 208 g/mol. The van der Waals surface area contributed by atoms with Crippen molar-refractivity contribution in [3.63, 3.8) is 0 Å². The highest BCUT2D eigenvalue weighted by Crippen LogP contribution is 1.99. The fourth-order valence-electron chi connectivity index (χ4n) is 1.46. The molecule has 0 amide bonds. The maximum atomic E-state index is 11.7. The molecule has 0 aliphatic rings. The minimum atomic E-state index is -0.0567. The fraction of sp³-hybridized carbons (Fsp3) is 0.500. The minimum absolute atomic E-state index is 0.0567. The number of nitrogens with zero attached hydrogens (tertiary/aromatic N) is 4. The van der Waals surface area contributed by atoms with Crippen molar-refractivity contribution >= 4 is 0 Å². The van der Waals surface area contributed by atoms with Crippen LogP contribution in [0.25, 0.3) is 0 Å². The van der Waals surface area contributed by atoms with Crippen molar-refractivity contribution in [3.8, 4) is 0 Å². The quantitative estimate of drug-likeness (QED) is 0.762. The van der Waals surface area contributed by atoms with Gasteiger partial charge in [-0.15, -0.1) is 0 Å². The molecule has 0 radical (unpaired) electrons. The average molecular weight is 222 g/mol. The first-order chi connectivity index (χ1) is 7.74.